The van der Waals surface area contributed by atoms with Gasteiger partial charge in [0.25, 0.3) is 0 Å². The number of amidine groups is 1. The number of nitrogens with two attached hydrogens (primary N) is 1. The summed E-state index contributed by atoms with van der Waals surface area (Å²) in [5.41, 5.74) is 8.09. The molecule has 0 atom stereocenters. The lowest BCUT2D eigenvalue weighted by Crippen LogP contribution is -2.15. The van der Waals surface area contributed by atoms with Gasteiger partial charge in [-0.15, -0.1) is 0 Å². The van der Waals surface area contributed by atoms with E-state index in [9.17, 15) is 0 Å². The Balaban J connectivity index is 2.37. The number of anilines is 2. The highest BCUT2D eigenvalue weighted by Gasteiger charge is 2.08. The van der Waals surface area contributed by atoms with Crippen molar-refractivity contribution in [3.05, 3.63) is 52.1 Å². The molecule has 0 fully saturated rings. The molecule has 20 heavy (non-hydrogen) atoms. The van der Waals surface area contributed by atoms with E-state index < -0.39 is 0 Å². The zero-order chi connectivity index (χ0) is 14.7. The van der Waals surface area contributed by atoms with Crippen molar-refractivity contribution in [3.63, 3.8) is 0 Å². The van der Waals surface area contributed by atoms with E-state index in [0.717, 1.165) is 21.7 Å². The molecule has 0 radical (unpaired) electrons. The molecule has 0 aliphatic rings. The van der Waals surface area contributed by atoms with Crippen molar-refractivity contribution in [3.8, 4) is 0 Å². The largest absolute Gasteiger partial charge is 0.409 e. The molecule has 0 saturated carbocycles. The molecular weight excluding hydrogens is 320 g/mol. The average Bonchev–Trinajstić information content (AvgIpc) is 2.48. The van der Waals surface area contributed by atoms with Gasteiger partial charge >= 0.3 is 0 Å². The van der Waals surface area contributed by atoms with Gasteiger partial charge in [0.05, 0.1) is 5.69 Å². The third kappa shape index (κ3) is 2.91. The zero-order valence-corrected chi connectivity index (χ0v) is 12.8. The van der Waals surface area contributed by atoms with E-state index in [2.05, 4.69) is 26.1 Å². The van der Waals surface area contributed by atoms with Gasteiger partial charge in [0.15, 0.2) is 5.84 Å². The molecular formula is C14H15BrN4O. The quantitative estimate of drug-likeness (QED) is 0.391. The number of aryl methyl sites for hydroxylation is 1. The van der Waals surface area contributed by atoms with Crippen LogP contribution in [0.2, 0.25) is 0 Å². The van der Waals surface area contributed by atoms with E-state index in [-0.39, 0.29) is 5.84 Å². The van der Waals surface area contributed by atoms with Crippen LogP contribution in [-0.2, 0) is 0 Å². The third-order valence-corrected chi connectivity index (χ3v) is 3.83. The number of halogens is 1. The molecule has 0 bridgehead atoms. The molecule has 0 unspecified atom stereocenters. The summed E-state index contributed by atoms with van der Waals surface area (Å²) >= 11 is 3.43. The zero-order valence-electron chi connectivity index (χ0n) is 11.2. The van der Waals surface area contributed by atoms with E-state index in [1.807, 2.05) is 49.2 Å². The topological polar surface area (TPSA) is 74.7 Å². The number of pyridine rings is 1. The van der Waals surface area contributed by atoms with Crippen LogP contribution >= 0.6 is 15.9 Å². The van der Waals surface area contributed by atoms with E-state index in [4.69, 9.17) is 10.9 Å². The van der Waals surface area contributed by atoms with Crippen molar-refractivity contribution in [2.24, 2.45) is 10.9 Å². The summed E-state index contributed by atoms with van der Waals surface area (Å²) in [5.74, 6) is 0.905. The summed E-state index contributed by atoms with van der Waals surface area (Å²) in [6.45, 7) is 1.94. The first-order valence-corrected chi connectivity index (χ1v) is 6.77. The van der Waals surface area contributed by atoms with Gasteiger partial charge in [0.1, 0.15) is 5.82 Å². The molecule has 104 valence electrons. The van der Waals surface area contributed by atoms with Gasteiger partial charge in [-0.2, -0.15) is 0 Å². The fourth-order valence-corrected chi connectivity index (χ4v) is 2.00. The molecule has 6 heteroatoms. The van der Waals surface area contributed by atoms with Crippen LogP contribution in [0.15, 0.2) is 46.0 Å². The number of hydrogen-bond acceptors (Lipinski definition) is 4. The molecule has 1 heterocycles. The second kappa shape index (κ2) is 5.92. The summed E-state index contributed by atoms with van der Waals surface area (Å²) in [5, 5.41) is 11.7. The van der Waals surface area contributed by atoms with Crippen LogP contribution in [0.5, 0.6) is 0 Å². The lowest BCUT2D eigenvalue weighted by atomic mass is 10.1. The van der Waals surface area contributed by atoms with Crippen molar-refractivity contribution < 1.29 is 5.21 Å². The predicted molar refractivity (Wildman–Crippen MR) is 83.7 cm³/mol. The van der Waals surface area contributed by atoms with Crippen molar-refractivity contribution in [1.82, 2.24) is 4.98 Å². The van der Waals surface area contributed by atoms with Crippen LogP contribution < -0.4 is 10.6 Å². The molecule has 2 aromatic rings. The van der Waals surface area contributed by atoms with Crippen LogP contribution in [0.4, 0.5) is 11.5 Å². The molecule has 0 amide bonds. The molecule has 0 spiro atoms. The van der Waals surface area contributed by atoms with Crippen molar-refractivity contribution in [2.75, 3.05) is 11.9 Å². The molecule has 0 aliphatic carbocycles. The molecule has 5 nitrogen and oxygen atoms in total. The number of rotatable bonds is 3. The minimum atomic E-state index is 0.0835. The fraction of sp³-hybridized carbons (Fsp3) is 0.143. The van der Waals surface area contributed by atoms with Gasteiger partial charge in [-0.3, -0.25) is 0 Å². The number of benzene rings is 1. The van der Waals surface area contributed by atoms with E-state index in [0.29, 0.717) is 5.56 Å². The monoisotopic (exact) mass is 334 g/mol. The van der Waals surface area contributed by atoms with Gasteiger partial charge < -0.3 is 15.8 Å². The van der Waals surface area contributed by atoms with Gasteiger partial charge in [-0.1, -0.05) is 17.3 Å². The highest BCUT2D eigenvalue weighted by atomic mass is 79.9. The Morgan fingerprint density at radius 1 is 1.35 bits per heavy atom. The first-order valence-electron chi connectivity index (χ1n) is 5.97. The Morgan fingerprint density at radius 2 is 2.10 bits per heavy atom. The first kappa shape index (κ1) is 14.3. The van der Waals surface area contributed by atoms with Crippen LogP contribution in [0.25, 0.3) is 0 Å². The lowest BCUT2D eigenvalue weighted by molar-refractivity contribution is 0.318. The SMILES string of the molecule is Cc1nc(N(C)c2cccc(/C(N)=N/O)c2)ccc1Br. The van der Waals surface area contributed by atoms with Crippen molar-refractivity contribution in [2.45, 2.75) is 6.92 Å². The standard InChI is InChI=1S/C14H15BrN4O/c1-9-12(15)6-7-13(17-9)19(2)11-5-3-4-10(8-11)14(16)18-20/h3-8,20H,1-2H3,(H2,16,18). The maximum Gasteiger partial charge on any atom is 0.170 e. The summed E-state index contributed by atoms with van der Waals surface area (Å²) in [6.07, 6.45) is 0. The van der Waals surface area contributed by atoms with Crippen molar-refractivity contribution in [1.29, 1.82) is 0 Å². The molecule has 2 rings (SSSR count). The molecule has 0 saturated heterocycles. The van der Waals surface area contributed by atoms with E-state index >= 15 is 0 Å². The Labute approximate surface area is 125 Å². The second-order valence-electron chi connectivity index (χ2n) is 4.33. The smallest absolute Gasteiger partial charge is 0.170 e. The van der Waals surface area contributed by atoms with Crippen LogP contribution in [-0.4, -0.2) is 23.1 Å². The summed E-state index contributed by atoms with van der Waals surface area (Å²) in [6, 6.07) is 11.3. The first-order chi connectivity index (χ1) is 9.52. The summed E-state index contributed by atoms with van der Waals surface area (Å²) in [4.78, 5) is 6.45. The Kier molecular flexibility index (Phi) is 4.24. The van der Waals surface area contributed by atoms with Crippen LogP contribution in [0.3, 0.4) is 0 Å². The molecule has 3 N–H and O–H groups in total. The number of hydrogen-bond donors (Lipinski definition) is 2. The maximum absolute atomic E-state index is 8.73. The Hall–Kier alpha value is -2.08. The Bertz CT molecular complexity index is 657. The van der Waals surface area contributed by atoms with Gasteiger partial charge in [-0.05, 0) is 47.1 Å². The van der Waals surface area contributed by atoms with Crippen LogP contribution in [0.1, 0.15) is 11.3 Å². The van der Waals surface area contributed by atoms with E-state index in [1.165, 1.54) is 0 Å². The summed E-state index contributed by atoms with van der Waals surface area (Å²) in [7, 11) is 1.92. The third-order valence-electron chi connectivity index (χ3n) is 2.99. The highest BCUT2D eigenvalue weighted by Crippen LogP contribution is 2.25. The number of nitrogens with zero attached hydrogens (tertiary/aromatic N) is 3. The summed E-state index contributed by atoms with van der Waals surface area (Å²) < 4.78 is 0.972. The minimum absolute atomic E-state index is 0.0835. The molecule has 1 aromatic heterocycles. The average molecular weight is 335 g/mol. The fourth-order valence-electron chi connectivity index (χ4n) is 1.78. The highest BCUT2D eigenvalue weighted by molar-refractivity contribution is 9.10. The minimum Gasteiger partial charge on any atom is -0.409 e. The number of aromatic nitrogens is 1. The molecule has 1 aromatic carbocycles. The van der Waals surface area contributed by atoms with E-state index in [1.54, 1.807) is 6.07 Å². The van der Waals surface area contributed by atoms with Gasteiger partial charge in [-0.25, -0.2) is 4.98 Å². The second-order valence-corrected chi connectivity index (χ2v) is 5.19. The van der Waals surface area contributed by atoms with Crippen molar-refractivity contribution >= 4 is 33.3 Å². The normalized spacial score (nSPS) is 11.4. The predicted octanol–water partition coefficient (Wildman–Crippen LogP) is 3.01. The van der Waals surface area contributed by atoms with Crippen LogP contribution in [0, 0.1) is 6.92 Å². The van der Waals surface area contributed by atoms with Gasteiger partial charge in [0, 0.05) is 22.8 Å². The number of oxime groups is 1. The molecule has 0 aliphatic heterocycles. The van der Waals surface area contributed by atoms with Gasteiger partial charge in [0.2, 0.25) is 0 Å². The Morgan fingerprint density at radius 3 is 2.75 bits per heavy atom. The lowest BCUT2D eigenvalue weighted by Gasteiger charge is -2.19. The maximum atomic E-state index is 8.73.